The zero-order chi connectivity index (χ0) is 25.1. The molecule has 0 atom stereocenters. The molecular weight excluding hydrogens is 637 g/mol. The second-order valence-corrected chi connectivity index (χ2v) is 8.72. The first kappa shape index (κ1) is 26.3. The number of aromatic nitrogens is 4. The first-order chi connectivity index (χ1) is 17.5. The number of imidazole rings is 1. The van der Waals surface area contributed by atoms with Crippen LogP contribution in [0.1, 0.15) is 16.7 Å². The van der Waals surface area contributed by atoms with E-state index in [0.29, 0.717) is 0 Å². The van der Waals surface area contributed by atoms with E-state index in [4.69, 9.17) is 0 Å². The molecule has 0 N–H and O–H groups in total. The number of nitrogens with zero attached hydrogens (tertiary/aromatic N) is 6. The summed E-state index contributed by atoms with van der Waals surface area (Å²) < 4.78 is 2.15. The Bertz CT molecular complexity index is 1440. The maximum absolute atomic E-state index is 4.50. The Morgan fingerprint density at radius 2 is 1.62 bits per heavy atom. The predicted octanol–water partition coefficient (Wildman–Crippen LogP) is 6.25. The van der Waals surface area contributed by atoms with E-state index in [0.717, 1.165) is 28.6 Å². The first-order valence-electron chi connectivity index (χ1n) is 11.8. The molecule has 1 aliphatic heterocycles. The Morgan fingerprint density at radius 1 is 0.892 bits per heavy atom. The minimum absolute atomic E-state index is 0. The van der Waals surface area contributed by atoms with E-state index < -0.39 is 0 Å². The molecule has 0 amide bonds. The van der Waals surface area contributed by atoms with Crippen LogP contribution in [0, 0.1) is 39.6 Å². The van der Waals surface area contributed by atoms with Crippen molar-refractivity contribution in [2.45, 2.75) is 20.8 Å². The summed E-state index contributed by atoms with van der Waals surface area (Å²) in [5.74, 6) is 1.84. The van der Waals surface area contributed by atoms with Gasteiger partial charge in [0.15, 0.2) is 0 Å². The van der Waals surface area contributed by atoms with Gasteiger partial charge in [-0.1, -0.05) is 17.7 Å². The Labute approximate surface area is 232 Å². The molecule has 0 bridgehead atoms. The molecule has 3 aromatic carbocycles. The minimum Gasteiger partial charge on any atom is -0.491 e. The van der Waals surface area contributed by atoms with Gasteiger partial charge in [0.1, 0.15) is 12.1 Å². The number of aryl methyl sites for hydroxylation is 3. The predicted molar refractivity (Wildman–Crippen MR) is 144 cm³/mol. The fourth-order valence-electron chi connectivity index (χ4n) is 4.54. The van der Waals surface area contributed by atoms with Crippen molar-refractivity contribution in [3.8, 4) is 17.1 Å². The molecule has 3 heterocycles. The molecule has 37 heavy (non-hydrogen) atoms. The molecule has 0 unspecified atom stereocenters. The second-order valence-electron chi connectivity index (χ2n) is 8.72. The van der Waals surface area contributed by atoms with Gasteiger partial charge < -0.3 is 14.4 Å². The fourth-order valence-corrected chi connectivity index (χ4v) is 4.54. The van der Waals surface area contributed by atoms with Crippen molar-refractivity contribution in [1.82, 2.24) is 19.5 Å². The van der Waals surface area contributed by atoms with Crippen molar-refractivity contribution in [2.24, 2.45) is 0 Å². The van der Waals surface area contributed by atoms with Crippen molar-refractivity contribution < 1.29 is 20.1 Å². The van der Waals surface area contributed by atoms with E-state index in [1.54, 1.807) is 6.33 Å². The standard InChI is InChI=1S/C18H17N2.C12H10N4.Ir/c1-13-11-14(2)17(15(3)12-13)20-10-9-19-18(20)16-7-5-4-6-8-16;1-15-9-16(10-5-3-2-4-6-10)11-7-13-8-14-12(11)15;/h4-7,9-12H,1-3H3;2-5,7-9H,1H3;/q-1;-2;+3. The van der Waals surface area contributed by atoms with Crippen molar-refractivity contribution in [3.05, 3.63) is 121 Å². The summed E-state index contributed by atoms with van der Waals surface area (Å²) in [4.78, 5) is 16.8. The van der Waals surface area contributed by atoms with Crippen LogP contribution in [0.3, 0.4) is 0 Å². The van der Waals surface area contributed by atoms with Gasteiger partial charge in [-0.25, -0.2) is 9.97 Å². The molecule has 0 saturated heterocycles. The topological polar surface area (TPSA) is 50.1 Å². The molecule has 186 valence electrons. The first-order valence-corrected chi connectivity index (χ1v) is 11.8. The minimum atomic E-state index is 0. The van der Waals surface area contributed by atoms with E-state index in [1.807, 2.05) is 90.6 Å². The van der Waals surface area contributed by atoms with Crippen LogP contribution < -0.4 is 9.80 Å². The van der Waals surface area contributed by atoms with Crippen LogP contribution in [0.15, 0.2) is 85.6 Å². The van der Waals surface area contributed by atoms with Gasteiger partial charge in [0.25, 0.3) is 0 Å². The van der Waals surface area contributed by atoms with Crippen LogP contribution in [-0.4, -0.2) is 26.6 Å². The smallest absolute Gasteiger partial charge is 0.491 e. The third-order valence-corrected chi connectivity index (χ3v) is 5.97. The molecule has 6 nitrogen and oxygen atoms in total. The zero-order valence-electron chi connectivity index (χ0n) is 21.2. The van der Waals surface area contributed by atoms with Gasteiger partial charge in [0.05, 0.1) is 17.7 Å². The molecule has 6 rings (SSSR count). The summed E-state index contributed by atoms with van der Waals surface area (Å²) in [7, 11) is 1.97. The van der Waals surface area contributed by atoms with Gasteiger partial charge in [0, 0.05) is 18.1 Å². The van der Waals surface area contributed by atoms with E-state index in [9.17, 15) is 0 Å². The average molecular weight is 664 g/mol. The maximum atomic E-state index is 4.50. The molecular formula is C30H27IrN6. The molecule has 0 saturated carbocycles. The molecule has 0 spiro atoms. The van der Waals surface area contributed by atoms with Gasteiger partial charge in [-0.05, 0) is 38.9 Å². The summed E-state index contributed by atoms with van der Waals surface area (Å²) in [5.41, 5.74) is 8.00. The molecule has 5 aromatic rings. The summed E-state index contributed by atoms with van der Waals surface area (Å²) in [6.45, 7) is 8.40. The maximum Gasteiger partial charge on any atom is 3.00 e. The van der Waals surface area contributed by atoms with Gasteiger partial charge in [-0.15, -0.1) is 41.6 Å². The molecule has 0 radical (unpaired) electrons. The van der Waals surface area contributed by atoms with Crippen LogP contribution in [0.25, 0.3) is 17.1 Å². The van der Waals surface area contributed by atoms with Crippen LogP contribution in [-0.2, 0) is 20.1 Å². The Morgan fingerprint density at radius 3 is 2.30 bits per heavy atom. The number of hydrogen-bond donors (Lipinski definition) is 0. The quantitative estimate of drug-likeness (QED) is 0.214. The fraction of sp³-hybridized carbons (Fsp3) is 0.133. The second kappa shape index (κ2) is 11.5. The average Bonchev–Trinajstić information content (AvgIpc) is 3.50. The van der Waals surface area contributed by atoms with E-state index in [-0.39, 0.29) is 20.1 Å². The third kappa shape index (κ3) is 5.48. The van der Waals surface area contributed by atoms with Gasteiger partial charge in [0.2, 0.25) is 0 Å². The summed E-state index contributed by atoms with van der Waals surface area (Å²) in [6.07, 6.45) is 7.22. The van der Waals surface area contributed by atoms with E-state index in [2.05, 4.69) is 64.6 Å². The SMILES string of the molecule is CN1[CH-]N(c2[c-]cccc2)c2cncnc21.Cc1cc(C)c(-n2ccnc2-c2[c-]cccc2)c(C)c1.[Ir+3]. The van der Waals surface area contributed by atoms with Gasteiger partial charge >= 0.3 is 20.1 Å². The number of benzene rings is 3. The normalized spacial score (nSPS) is 11.9. The Balaban J connectivity index is 0.000000172. The molecule has 7 heteroatoms. The number of anilines is 3. The van der Waals surface area contributed by atoms with Crippen LogP contribution in [0.4, 0.5) is 17.2 Å². The van der Waals surface area contributed by atoms with Crippen molar-refractivity contribution >= 4 is 17.2 Å². The number of rotatable bonds is 3. The molecule has 0 fully saturated rings. The molecule has 1 aliphatic rings. The summed E-state index contributed by atoms with van der Waals surface area (Å²) in [6, 6.07) is 26.6. The van der Waals surface area contributed by atoms with Crippen LogP contribution >= 0.6 is 0 Å². The van der Waals surface area contributed by atoms with Crippen molar-refractivity contribution in [1.29, 1.82) is 0 Å². The van der Waals surface area contributed by atoms with Crippen LogP contribution in [0.5, 0.6) is 0 Å². The zero-order valence-corrected chi connectivity index (χ0v) is 23.6. The Kier molecular flexibility index (Phi) is 8.17. The van der Waals surface area contributed by atoms with Gasteiger partial charge in [-0.3, -0.25) is 4.98 Å². The summed E-state index contributed by atoms with van der Waals surface area (Å²) in [5, 5.41) is 0. The monoisotopic (exact) mass is 664 g/mol. The third-order valence-electron chi connectivity index (χ3n) is 5.97. The Hall–Kier alpha value is -3.80. The molecule has 0 aliphatic carbocycles. The van der Waals surface area contributed by atoms with Crippen LogP contribution in [0.2, 0.25) is 0 Å². The number of fused-ring (bicyclic) bond motifs is 1. The van der Waals surface area contributed by atoms with Crippen molar-refractivity contribution in [2.75, 3.05) is 16.8 Å². The van der Waals surface area contributed by atoms with Gasteiger partial charge in [-0.2, -0.15) is 37.0 Å². The van der Waals surface area contributed by atoms with E-state index >= 15 is 0 Å². The van der Waals surface area contributed by atoms with E-state index in [1.165, 1.54) is 22.4 Å². The number of hydrogen-bond acceptors (Lipinski definition) is 5. The molecule has 2 aromatic heterocycles. The van der Waals surface area contributed by atoms with Crippen molar-refractivity contribution in [3.63, 3.8) is 0 Å². The summed E-state index contributed by atoms with van der Waals surface area (Å²) >= 11 is 0. The largest absolute Gasteiger partial charge is 3.00 e. The number of para-hydroxylation sites is 1.